The molecule has 0 aliphatic rings. The van der Waals surface area contributed by atoms with E-state index in [2.05, 4.69) is 36.4 Å². The van der Waals surface area contributed by atoms with Gasteiger partial charge in [-0.3, -0.25) is 10.1 Å². The number of nitrogens with one attached hydrogen (secondary N) is 1. The van der Waals surface area contributed by atoms with Gasteiger partial charge in [0.25, 0.3) is 5.91 Å². The predicted molar refractivity (Wildman–Crippen MR) is 75.8 cm³/mol. The highest BCUT2D eigenvalue weighted by Gasteiger charge is 2.15. The average Bonchev–Trinajstić information content (AvgIpc) is 2.38. The second-order valence-electron chi connectivity index (χ2n) is 4.11. The molecule has 0 bridgehead atoms. The van der Waals surface area contributed by atoms with Crippen LogP contribution in [0.1, 0.15) is 21.7 Å². The van der Waals surface area contributed by atoms with Crippen LogP contribution in [0.2, 0.25) is 0 Å². The van der Waals surface area contributed by atoms with Gasteiger partial charge in [-0.15, -0.1) is 5.10 Å². The minimum Gasteiger partial charge on any atom is -0.396 e. The minimum atomic E-state index is -0.600. The van der Waals surface area contributed by atoms with Crippen molar-refractivity contribution in [2.24, 2.45) is 0 Å². The molecule has 0 radical (unpaired) electrons. The van der Waals surface area contributed by atoms with Crippen molar-refractivity contribution in [3.8, 4) is 0 Å². The Morgan fingerprint density at radius 3 is 2.65 bits per heavy atom. The van der Waals surface area contributed by atoms with E-state index in [0.29, 0.717) is 15.9 Å². The van der Waals surface area contributed by atoms with Gasteiger partial charge in [-0.2, -0.15) is 5.10 Å². The van der Waals surface area contributed by atoms with Crippen LogP contribution in [0.15, 0.2) is 16.6 Å². The highest BCUT2D eigenvalue weighted by atomic mass is 79.9. The number of aryl methyl sites for hydroxylation is 2. The van der Waals surface area contributed by atoms with Crippen molar-refractivity contribution < 1.29 is 9.18 Å². The highest BCUT2D eigenvalue weighted by Crippen LogP contribution is 2.23. The number of benzene rings is 1. The molecule has 3 N–H and O–H groups in total. The van der Waals surface area contributed by atoms with Gasteiger partial charge in [0.15, 0.2) is 0 Å². The molecule has 0 atom stereocenters. The number of halogens is 2. The number of nitrogens with zero attached hydrogens (tertiary/aromatic N) is 3. The number of nitrogens with two attached hydrogens (primary N) is 1. The SMILES string of the molecule is Cc1nnc(NC(=O)c2cc(N)c(F)cc2Br)nc1C. The van der Waals surface area contributed by atoms with E-state index in [1.807, 2.05) is 0 Å². The first-order valence-electron chi connectivity index (χ1n) is 5.62. The molecule has 1 amide bonds. The lowest BCUT2D eigenvalue weighted by atomic mass is 10.2. The largest absolute Gasteiger partial charge is 0.396 e. The average molecular weight is 340 g/mol. The second-order valence-corrected chi connectivity index (χ2v) is 4.97. The molecule has 0 aliphatic carbocycles. The number of aromatic nitrogens is 3. The molecule has 1 heterocycles. The zero-order valence-corrected chi connectivity index (χ0v) is 12.3. The molecule has 104 valence electrons. The quantitative estimate of drug-likeness (QED) is 0.818. The first kappa shape index (κ1) is 14.3. The standard InChI is InChI=1S/C12H11BrFN5O/c1-5-6(2)18-19-12(16-5)17-11(20)7-3-10(15)9(14)4-8(7)13/h3-4H,15H2,1-2H3,(H,16,17,19,20). The molecule has 20 heavy (non-hydrogen) atoms. The maximum absolute atomic E-state index is 13.2. The number of carbonyl (C=O) groups excluding carboxylic acids is 1. The second kappa shape index (κ2) is 5.49. The van der Waals surface area contributed by atoms with E-state index in [1.165, 1.54) is 6.07 Å². The van der Waals surface area contributed by atoms with E-state index in [4.69, 9.17) is 5.73 Å². The summed E-state index contributed by atoms with van der Waals surface area (Å²) < 4.78 is 13.5. The Morgan fingerprint density at radius 2 is 2.00 bits per heavy atom. The van der Waals surface area contributed by atoms with Gasteiger partial charge in [-0.1, -0.05) is 0 Å². The minimum absolute atomic E-state index is 0.0768. The summed E-state index contributed by atoms with van der Waals surface area (Å²) in [5.74, 6) is -1.03. The molecular weight excluding hydrogens is 329 g/mol. The van der Waals surface area contributed by atoms with Gasteiger partial charge in [0.1, 0.15) is 5.82 Å². The maximum Gasteiger partial charge on any atom is 0.259 e. The fraction of sp³-hybridized carbons (Fsp3) is 0.167. The van der Waals surface area contributed by atoms with Gasteiger partial charge in [0, 0.05) is 4.47 Å². The van der Waals surface area contributed by atoms with Gasteiger partial charge < -0.3 is 5.73 Å². The van der Waals surface area contributed by atoms with Gasteiger partial charge in [0.05, 0.1) is 22.6 Å². The normalized spacial score (nSPS) is 10.4. The Morgan fingerprint density at radius 1 is 1.30 bits per heavy atom. The molecule has 1 aromatic carbocycles. The molecule has 0 saturated carbocycles. The summed E-state index contributed by atoms with van der Waals surface area (Å²) in [7, 11) is 0. The van der Waals surface area contributed by atoms with Gasteiger partial charge in [0.2, 0.25) is 5.95 Å². The van der Waals surface area contributed by atoms with Crippen LogP contribution in [0.4, 0.5) is 16.0 Å². The Labute approximate surface area is 122 Å². The number of nitrogen functional groups attached to an aromatic ring is 1. The van der Waals surface area contributed by atoms with Crippen molar-refractivity contribution in [3.05, 3.63) is 39.4 Å². The predicted octanol–water partition coefficient (Wildman–Crippen LogP) is 2.22. The summed E-state index contributed by atoms with van der Waals surface area (Å²) in [6.45, 7) is 3.52. The molecule has 6 nitrogen and oxygen atoms in total. The van der Waals surface area contributed by atoms with Crippen molar-refractivity contribution in [1.29, 1.82) is 0 Å². The summed E-state index contributed by atoms with van der Waals surface area (Å²) in [4.78, 5) is 16.1. The van der Waals surface area contributed by atoms with E-state index < -0.39 is 11.7 Å². The number of amides is 1. The van der Waals surface area contributed by atoms with Crippen LogP contribution in [-0.2, 0) is 0 Å². The van der Waals surface area contributed by atoms with Crippen LogP contribution < -0.4 is 11.1 Å². The fourth-order valence-corrected chi connectivity index (χ4v) is 1.91. The molecular formula is C12H11BrFN5O. The van der Waals surface area contributed by atoms with E-state index in [1.54, 1.807) is 13.8 Å². The monoisotopic (exact) mass is 339 g/mol. The number of hydrogen-bond donors (Lipinski definition) is 2. The van der Waals surface area contributed by atoms with Crippen LogP contribution in [0.5, 0.6) is 0 Å². The summed E-state index contributed by atoms with van der Waals surface area (Å²) >= 11 is 3.11. The molecule has 2 rings (SSSR count). The van der Waals surface area contributed by atoms with Gasteiger partial charge in [-0.25, -0.2) is 9.37 Å². The smallest absolute Gasteiger partial charge is 0.259 e. The van der Waals surface area contributed by atoms with E-state index in [0.717, 1.165) is 6.07 Å². The molecule has 2 aromatic rings. The van der Waals surface area contributed by atoms with Gasteiger partial charge >= 0.3 is 0 Å². The molecule has 0 spiro atoms. The molecule has 0 unspecified atom stereocenters. The molecule has 1 aromatic heterocycles. The lowest BCUT2D eigenvalue weighted by Gasteiger charge is -2.07. The molecule has 0 aliphatic heterocycles. The molecule has 0 saturated heterocycles. The summed E-state index contributed by atoms with van der Waals surface area (Å²) in [5, 5.41) is 10.1. The van der Waals surface area contributed by atoms with E-state index >= 15 is 0 Å². The maximum atomic E-state index is 13.2. The van der Waals surface area contributed by atoms with Crippen LogP contribution in [0.3, 0.4) is 0 Å². The van der Waals surface area contributed by atoms with Crippen molar-refractivity contribution in [1.82, 2.24) is 15.2 Å². The zero-order chi connectivity index (χ0) is 14.9. The Kier molecular flexibility index (Phi) is 3.93. The van der Waals surface area contributed by atoms with Crippen LogP contribution in [0, 0.1) is 19.7 Å². The highest BCUT2D eigenvalue weighted by molar-refractivity contribution is 9.10. The Balaban J connectivity index is 2.28. The van der Waals surface area contributed by atoms with Crippen molar-refractivity contribution in [3.63, 3.8) is 0 Å². The van der Waals surface area contributed by atoms with Crippen LogP contribution in [-0.4, -0.2) is 21.1 Å². The zero-order valence-electron chi connectivity index (χ0n) is 10.7. The number of hydrogen-bond acceptors (Lipinski definition) is 5. The summed E-state index contributed by atoms with van der Waals surface area (Å²) in [6, 6.07) is 2.37. The fourth-order valence-electron chi connectivity index (χ4n) is 1.42. The van der Waals surface area contributed by atoms with E-state index in [-0.39, 0.29) is 17.2 Å². The third-order valence-electron chi connectivity index (χ3n) is 2.65. The first-order valence-corrected chi connectivity index (χ1v) is 6.41. The number of anilines is 2. The molecule has 8 heteroatoms. The van der Waals surface area contributed by atoms with Crippen molar-refractivity contribution in [2.75, 3.05) is 11.1 Å². The molecule has 0 fully saturated rings. The third-order valence-corrected chi connectivity index (χ3v) is 3.30. The lowest BCUT2D eigenvalue weighted by molar-refractivity contribution is 0.102. The topological polar surface area (TPSA) is 93.8 Å². The van der Waals surface area contributed by atoms with Crippen molar-refractivity contribution >= 4 is 33.5 Å². The third kappa shape index (κ3) is 2.90. The lowest BCUT2D eigenvalue weighted by Crippen LogP contribution is -2.16. The number of rotatable bonds is 2. The Hall–Kier alpha value is -2.09. The first-order chi connectivity index (χ1) is 9.38. The van der Waals surface area contributed by atoms with E-state index in [9.17, 15) is 9.18 Å². The van der Waals surface area contributed by atoms with Crippen molar-refractivity contribution in [2.45, 2.75) is 13.8 Å². The Bertz CT molecular complexity index is 692. The van der Waals surface area contributed by atoms with Crippen LogP contribution >= 0.6 is 15.9 Å². The number of carbonyl (C=O) groups is 1. The summed E-state index contributed by atoms with van der Waals surface area (Å²) in [6.07, 6.45) is 0. The van der Waals surface area contributed by atoms with Gasteiger partial charge in [-0.05, 0) is 41.9 Å². The van der Waals surface area contributed by atoms with Crippen LogP contribution in [0.25, 0.3) is 0 Å². The summed E-state index contributed by atoms with van der Waals surface area (Å²) in [5.41, 5.74) is 6.85.